The number of terminal acetylenes is 1. The first kappa shape index (κ1) is 22.9. The maximum Gasteiger partial charge on any atom is 0.223 e. The van der Waals surface area contributed by atoms with Crippen LogP contribution in [0.25, 0.3) is 10.6 Å². The highest BCUT2D eigenvalue weighted by atomic mass is 32.1. The molecule has 7 heteroatoms. The first-order valence-electron chi connectivity index (χ1n) is 11.1. The van der Waals surface area contributed by atoms with Gasteiger partial charge in [0.05, 0.1) is 24.9 Å². The van der Waals surface area contributed by atoms with Crippen LogP contribution in [0.5, 0.6) is 0 Å². The molecular formula is C25H31N3O3S. The number of rotatable bonds is 5. The van der Waals surface area contributed by atoms with Crippen molar-refractivity contribution in [3.05, 3.63) is 35.1 Å². The minimum atomic E-state index is -0.630. The number of aliphatic hydroxyl groups is 2. The smallest absolute Gasteiger partial charge is 0.223 e. The molecule has 2 aromatic heterocycles. The molecule has 5 atom stereocenters. The highest BCUT2D eigenvalue weighted by Gasteiger charge is 2.59. The molecule has 0 radical (unpaired) electrons. The van der Waals surface area contributed by atoms with E-state index in [4.69, 9.17) is 11.4 Å². The molecule has 1 saturated carbocycles. The van der Waals surface area contributed by atoms with Gasteiger partial charge >= 0.3 is 0 Å². The molecule has 2 aromatic rings. The molecule has 1 amide bonds. The Morgan fingerprint density at radius 1 is 1.44 bits per heavy atom. The van der Waals surface area contributed by atoms with E-state index in [2.05, 4.69) is 17.8 Å². The SMILES string of the molecule is C#CCN(C)C(=O)C[C@@H]1c2nc(-c3cccnc3)sc2C[C@@H]2[C@](C)(CO)[C@H](O)CC[C@]21C. The first-order chi connectivity index (χ1) is 15.2. The van der Waals surface area contributed by atoms with Crippen LogP contribution in [0, 0.1) is 29.1 Å². The zero-order valence-corrected chi connectivity index (χ0v) is 19.7. The van der Waals surface area contributed by atoms with Gasteiger partial charge in [-0.1, -0.05) is 19.8 Å². The van der Waals surface area contributed by atoms with Crippen LogP contribution in [-0.2, 0) is 11.2 Å². The number of aliphatic hydroxyl groups excluding tert-OH is 2. The maximum absolute atomic E-state index is 13.1. The van der Waals surface area contributed by atoms with E-state index in [1.165, 1.54) is 0 Å². The van der Waals surface area contributed by atoms with Gasteiger partial charge in [0, 0.05) is 47.6 Å². The van der Waals surface area contributed by atoms with Crippen LogP contribution in [0.15, 0.2) is 24.5 Å². The molecule has 0 aromatic carbocycles. The van der Waals surface area contributed by atoms with Gasteiger partial charge in [-0.15, -0.1) is 17.8 Å². The summed E-state index contributed by atoms with van der Waals surface area (Å²) in [7, 11) is 1.73. The van der Waals surface area contributed by atoms with E-state index in [-0.39, 0.29) is 36.3 Å². The minimum absolute atomic E-state index is 0.00599. The molecule has 4 rings (SSSR count). The molecule has 2 aliphatic rings. The van der Waals surface area contributed by atoms with Crippen LogP contribution in [0.4, 0.5) is 0 Å². The summed E-state index contributed by atoms with van der Waals surface area (Å²) in [4.78, 5) is 25.1. The van der Waals surface area contributed by atoms with Crippen molar-refractivity contribution >= 4 is 17.2 Å². The third-order valence-corrected chi connectivity index (χ3v) is 9.08. The summed E-state index contributed by atoms with van der Waals surface area (Å²) in [6.07, 6.45) is 10.8. The molecule has 0 bridgehead atoms. The number of fused-ring (bicyclic) bond motifs is 2. The minimum Gasteiger partial charge on any atom is -0.396 e. The van der Waals surface area contributed by atoms with E-state index in [0.717, 1.165) is 34.0 Å². The fourth-order valence-corrected chi connectivity index (χ4v) is 6.97. The summed E-state index contributed by atoms with van der Waals surface area (Å²) in [6.45, 7) is 4.37. The second-order valence-electron chi connectivity index (χ2n) is 9.76. The lowest BCUT2D eigenvalue weighted by Gasteiger charge is -2.58. The predicted molar refractivity (Wildman–Crippen MR) is 125 cm³/mol. The van der Waals surface area contributed by atoms with Crippen LogP contribution < -0.4 is 0 Å². The van der Waals surface area contributed by atoms with Gasteiger partial charge in [0.15, 0.2) is 0 Å². The van der Waals surface area contributed by atoms with Gasteiger partial charge in [-0.2, -0.15) is 0 Å². The lowest BCUT2D eigenvalue weighted by molar-refractivity contribution is -0.146. The molecule has 2 heterocycles. The van der Waals surface area contributed by atoms with Crippen LogP contribution in [0.3, 0.4) is 0 Å². The van der Waals surface area contributed by atoms with Gasteiger partial charge in [-0.3, -0.25) is 9.78 Å². The summed E-state index contributed by atoms with van der Waals surface area (Å²) in [5, 5.41) is 22.1. The monoisotopic (exact) mass is 453 g/mol. The Kier molecular flexibility index (Phi) is 6.15. The third-order valence-electron chi connectivity index (χ3n) is 7.94. The quantitative estimate of drug-likeness (QED) is 0.680. The van der Waals surface area contributed by atoms with E-state index >= 15 is 0 Å². The average Bonchev–Trinajstić information content (AvgIpc) is 3.22. The van der Waals surface area contributed by atoms with Gasteiger partial charge in [0.1, 0.15) is 5.01 Å². The van der Waals surface area contributed by atoms with Crippen LogP contribution >= 0.6 is 11.3 Å². The van der Waals surface area contributed by atoms with Gasteiger partial charge in [0.2, 0.25) is 5.91 Å². The molecule has 0 saturated heterocycles. The zero-order chi connectivity index (χ0) is 23.1. The lowest BCUT2D eigenvalue weighted by atomic mass is 9.47. The fourth-order valence-electron chi connectivity index (χ4n) is 5.81. The number of thiazole rings is 1. The van der Waals surface area contributed by atoms with Crippen molar-refractivity contribution in [1.29, 1.82) is 0 Å². The Bertz CT molecular complexity index is 1030. The molecule has 170 valence electrons. The molecule has 2 N–H and O–H groups in total. The first-order valence-corrected chi connectivity index (χ1v) is 11.9. The van der Waals surface area contributed by atoms with E-state index in [9.17, 15) is 15.0 Å². The van der Waals surface area contributed by atoms with Gasteiger partial charge in [0.25, 0.3) is 0 Å². The summed E-state index contributed by atoms with van der Waals surface area (Å²) in [5.74, 6) is 2.47. The van der Waals surface area contributed by atoms with Gasteiger partial charge in [-0.25, -0.2) is 4.98 Å². The second-order valence-corrected chi connectivity index (χ2v) is 10.8. The van der Waals surface area contributed by atoms with Crippen LogP contribution in [0.1, 0.15) is 49.6 Å². The summed E-state index contributed by atoms with van der Waals surface area (Å²) >= 11 is 1.63. The summed E-state index contributed by atoms with van der Waals surface area (Å²) < 4.78 is 0. The molecule has 0 aliphatic heterocycles. The van der Waals surface area contributed by atoms with Crippen molar-refractivity contribution in [3.63, 3.8) is 0 Å². The standard InChI is InChI=1S/C25H31N3O3S/c1-5-11-28(4)21(31)12-17-22-18(32-23(27-22)16-7-6-10-26-14-16)13-19-24(17,2)9-8-20(30)25(19,3)15-29/h1,6-7,10,14,17,19-20,29-30H,8-9,11-13,15H2,2-4H3/t17-,19+,20-,24+,25+/m1/s1. The highest BCUT2D eigenvalue weighted by Crippen LogP contribution is 2.63. The predicted octanol–water partition coefficient (Wildman–Crippen LogP) is 3.10. The van der Waals surface area contributed by atoms with Gasteiger partial charge < -0.3 is 15.1 Å². The number of hydrogen-bond donors (Lipinski definition) is 2. The van der Waals surface area contributed by atoms with Gasteiger partial charge in [-0.05, 0) is 42.7 Å². The molecule has 6 nitrogen and oxygen atoms in total. The Balaban J connectivity index is 1.81. The highest BCUT2D eigenvalue weighted by molar-refractivity contribution is 7.15. The van der Waals surface area contributed by atoms with E-state index in [0.29, 0.717) is 12.8 Å². The van der Waals surface area contributed by atoms with Crippen LogP contribution in [-0.4, -0.2) is 57.3 Å². The number of nitrogens with zero attached hydrogens (tertiary/aromatic N) is 3. The fraction of sp³-hybridized carbons (Fsp3) is 0.560. The third kappa shape index (κ3) is 3.64. The van der Waals surface area contributed by atoms with E-state index in [1.807, 2.05) is 25.3 Å². The topological polar surface area (TPSA) is 86.6 Å². The number of hydrogen-bond acceptors (Lipinski definition) is 6. The number of amides is 1. The summed E-state index contributed by atoms with van der Waals surface area (Å²) in [5.41, 5.74) is 1.04. The van der Waals surface area contributed by atoms with Crippen molar-refractivity contribution in [2.75, 3.05) is 20.2 Å². The Labute approximate surface area is 193 Å². The molecular weight excluding hydrogens is 422 g/mol. The normalized spacial score (nSPS) is 31.3. The van der Waals surface area contributed by atoms with E-state index < -0.39 is 11.5 Å². The molecule has 2 aliphatic carbocycles. The average molecular weight is 454 g/mol. The molecule has 32 heavy (non-hydrogen) atoms. The number of pyridine rings is 1. The Morgan fingerprint density at radius 3 is 2.88 bits per heavy atom. The van der Waals surface area contributed by atoms with Crippen molar-refractivity contribution in [3.8, 4) is 22.9 Å². The Morgan fingerprint density at radius 2 is 2.22 bits per heavy atom. The van der Waals surface area contributed by atoms with Crippen molar-refractivity contribution in [2.24, 2.45) is 16.7 Å². The molecule has 0 spiro atoms. The Hall–Kier alpha value is -2.27. The number of aromatic nitrogens is 2. The van der Waals surface area contributed by atoms with Crippen LogP contribution in [0.2, 0.25) is 0 Å². The zero-order valence-electron chi connectivity index (χ0n) is 18.9. The largest absolute Gasteiger partial charge is 0.396 e. The number of carbonyl (C=O) groups is 1. The van der Waals surface area contributed by atoms with Crippen molar-refractivity contribution < 1.29 is 15.0 Å². The lowest BCUT2D eigenvalue weighted by Crippen LogP contribution is -2.57. The molecule has 0 unspecified atom stereocenters. The number of carbonyl (C=O) groups excluding carboxylic acids is 1. The van der Waals surface area contributed by atoms with Crippen molar-refractivity contribution in [2.45, 2.75) is 51.6 Å². The maximum atomic E-state index is 13.1. The van der Waals surface area contributed by atoms with E-state index in [1.54, 1.807) is 29.5 Å². The second kappa shape index (κ2) is 8.58. The van der Waals surface area contributed by atoms with Crippen molar-refractivity contribution in [1.82, 2.24) is 14.9 Å². The molecule has 1 fully saturated rings. The summed E-state index contributed by atoms with van der Waals surface area (Å²) in [6, 6.07) is 3.89.